The van der Waals surface area contributed by atoms with Gasteiger partial charge >= 0.3 is 0 Å². The zero-order valence-electron chi connectivity index (χ0n) is 10.1. The normalized spacial score (nSPS) is 19.9. The summed E-state index contributed by atoms with van der Waals surface area (Å²) < 4.78 is 0. The molecule has 0 heterocycles. The first-order valence-corrected chi connectivity index (χ1v) is 6.06. The van der Waals surface area contributed by atoms with Crippen molar-refractivity contribution in [2.24, 2.45) is 11.1 Å². The molecule has 1 fully saturated rings. The van der Waals surface area contributed by atoms with Crippen LogP contribution < -0.4 is 5.73 Å². The number of nitrogens with zero attached hydrogens (tertiary/aromatic N) is 1. The van der Waals surface area contributed by atoms with Gasteiger partial charge in [-0.05, 0) is 25.8 Å². The van der Waals surface area contributed by atoms with Crippen molar-refractivity contribution in [3.05, 3.63) is 0 Å². The maximum Gasteiger partial charge on any atom is 0.228 e. The lowest BCUT2D eigenvalue weighted by Crippen LogP contribution is -2.42. The Hall–Kier alpha value is -0.570. The van der Waals surface area contributed by atoms with Gasteiger partial charge in [-0.3, -0.25) is 4.79 Å². The molecule has 0 bridgehead atoms. The van der Waals surface area contributed by atoms with E-state index in [0.717, 1.165) is 25.8 Å². The van der Waals surface area contributed by atoms with E-state index in [2.05, 4.69) is 6.92 Å². The average molecular weight is 212 g/mol. The van der Waals surface area contributed by atoms with Gasteiger partial charge in [0, 0.05) is 19.0 Å². The number of rotatable bonds is 4. The van der Waals surface area contributed by atoms with Gasteiger partial charge < -0.3 is 10.6 Å². The van der Waals surface area contributed by atoms with Gasteiger partial charge in [-0.2, -0.15) is 0 Å². The standard InChI is InChI=1S/C12H24N2O/c1-12(7-4-3-5-8-12)11(15)14(2)10-6-9-13/h3-10,13H2,1-2H3. The van der Waals surface area contributed by atoms with Crippen molar-refractivity contribution in [1.29, 1.82) is 0 Å². The highest BCUT2D eigenvalue weighted by Gasteiger charge is 2.36. The van der Waals surface area contributed by atoms with Crippen molar-refractivity contribution in [3.8, 4) is 0 Å². The van der Waals surface area contributed by atoms with Gasteiger partial charge in [0.15, 0.2) is 0 Å². The highest BCUT2D eigenvalue weighted by atomic mass is 16.2. The van der Waals surface area contributed by atoms with E-state index in [1.165, 1.54) is 19.3 Å². The van der Waals surface area contributed by atoms with E-state index in [1.54, 1.807) is 0 Å². The number of carbonyl (C=O) groups is 1. The van der Waals surface area contributed by atoms with Crippen LogP contribution in [0.15, 0.2) is 0 Å². The van der Waals surface area contributed by atoms with Crippen molar-refractivity contribution in [3.63, 3.8) is 0 Å². The molecule has 3 heteroatoms. The topological polar surface area (TPSA) is 46.3 Å². The van der Waals surface area contributed by atoms with E-state index < -0.39 is 0 Å². The molecule has 15 heavy (non-hydrogen) atoms. The fourth-order valence-electron chi connectivity index (χ4n) is 2.44. The third-order valence-corrected chi connectivity index (χ3v) is 3.52. The first-order chi connectivity index (χ1) is 7.10. The minimum atomic E-state index is -0.0956. The van der Waals surface area contributed by atoms with Gasteiger partial charge in [-0.25, -0.2) is 0 Å². The van der Waals surface area contributed by atoms with Crippen molar-refractivity contribution >= 4 is 5.91 Å². The molecule has 3 nitrogen and oxygen atoms in total. The molecule has 0 aromatic rings. The van der Waals surface area contributed by atoms with E-state index >= 15 is 0 Å². The third kappa shape index (κ3) is 3.20. The Labute approximate surface area is 93.0 Å². The highest BCUT2D eigenvalue weighted by molar-refractivity contribution is 5.82. The van der Waals surface area contributed by atoms with Crippen LogP contribution in [0.3, 0.4) is 0 Å². The molecule has 0 aromatic carbocycles. The molecule has 1 amide bonds. The SMILES string of the molecule is CN(CCCN)C(=O)C1(C)CCCCC1. The third-order valence-electron chi connectivity index (χ3n) is 3.52. The molecule has 0 spiro atoms. The Bertz CT molecular complexity index is 210. The van der Waals surface area contributed by atoms with E-state index in [4.69, 9.17) is 5.73 Å². The predicted molar refractivity (Wildman–Crippen MR) is 62.5 cm³/mol. The molecule has 0 aromatic heterocycles. The number of carbonyl (C=O) groups excluding carboxylic acids is 1. The molecule has 1 rings (SSSR count). The lowest BCUT2D eigenvalue weighted by molar-refractivity contribution is -0.141. The maximum absolute atomic E-state index is 12.2. The summed E-state index contributed by atoms with van der Waals surface area (Å²) in [5.74, 6) is 0.315. The molecule has 0 radical (unpaired) electrons. The molecule has 1 aliphatic carbocycles. The Morgan fingerprint density at radius 3 is 2.47 bits per heavy atom. The Balaban J connectivity index is 2.49. The molecular weight excluding hydrogens is 188 g/mol. The maximum atomic E-state index is 12.2. The van der Waals surface area contributed by atoms with E-state index in [-0.39, 0.29) is 5.41 Å². The molecule has 1 aliphatic rings. The van der Waals surface area contributed by atoms with Crippen molar-refractivity contribution < 1.29 is 4.79 Å². The van der Waals surface area contributed by atoms with Crippen LogP contribution in [0.2, 0.25) is 0 Å². The van der Waals surface area contributed by atoms with Crippen LogP contribution in [0.1, 0.15) is 45.4 Å². The monoisotopic (exact) mass is 212 g/mol. The first-order valence-electron chi connectivity index (χ1n) is 6.06. The van der Waals surface area contributed by atoms with Gasteiger partial charge in [0.1, 0.15) is 0 Å². The van der Waals surface area contributed by atoms with Crippen LogP contribution in [0.25, 0.3) is 0 Å². The minimum Gasteiger partial charge on any atom is -0.345 e. The molecule has 0 aliphatic heterocycles. The smallest absolute Gasteiger partial charge is 0.228 e. The summed E-state index contributed by atoms with van der Waals surface area (Å²) >= 11 is 0. The van der Waals surface area contributed by atoms with Gasteiger partial charge in [-0.15, -0.1) is 0 Å². The van der Waals surface area contributed by atoms with Gasteiger partial charge in [0.2, 0.25) is 5.91 Å². The summed E-state index contributed by atoms with van der Waals surface area (Å²) in [6.45, 7) is 3.58. The van der Waals surface area contributed by atoms with Gasteiger partial charge in [-0.1, -0.05) is 26.2 Å². The zero-order valence-corrected chi connectivity index (χ0v) is 10.1. The lowest BCUT2D eigenvalue weighted by atomic mass is 9.75. The quantitative estimate of drug-likeness (QED) is 0.772. The number of nitrogens with two attached hydrogens (primary N) is 1. The van der Waals surface area contributed by atoms with Crippen LogP contribution in [-0.4, -0.2) is 30.9 Å². The summed E-state index contributed by atoms with van der Waals surface area (Å²) in [4.78, 5) is 14.1. The van der Waals surface area contributed by atoms with Crippen LogP contribution in [0.4, 0.5) is 0 Å². The number of hydrogen-bond acceptors (Lipinski definition) is 2. The summed E-state index contributed by atoms with van der Waals surface area (Å²) in [5.41, 5.74) is 5.35. The second-order valence-electron chi connectivity index (χ2n) is 4.99. The van der Waals surface area contributed by atoms with Gasteiger partial charge in [0.25, 0.3) is 0 Å². The fourth-order valence-corrected chi connectivity index (χ4v) is 2.44. The molecule has 0 saturated heterocycles. The summed E-state index contributed by atoms with van der Waals surface area (Å²) in [5, 5.41) is 0. The fraction of sp³-hybridized carbons (Fsp3) is 0.917. The van der Waals surface area contributed by atoms with Crippen molar-refractivity contribution in [1.82, 2.24) is 4.90 Å². The van der Waals surface area contributed by atoms with Crippen molar-refractivity contribution in [2.45, 2.75) is 45.4 Å². The molecule has 1 saturated carbocycles. The lowest BCUT2D eigenvalue weighted by Gasteiger charge is -2.35. The Kier molecular flexibility index (Phi) is 4.58. The molecular formula is C12H24N2O. The van der Waals surface area contributed by atoms with Crippen LogP contribution in [0.5, 0.6) is 0 Å². The molecule has 88 valence electrons. The Morgan fingerprint density at radius 2 is 1.93 bits per heavy atom. The molecule has 2 N–H and O–H groups in total. The van der Waals surface area contributed by atoms with Gasteiger partial charge in [0.05, 0.1) is 0 Å². The summed E-state index contributed by atoms with van der Waals surface area (Å²) in [7, 11) is 1.90. The predicted octanol–water partition coefficient (Wildman–Crippen LogP) is 1.76. The number of hydrogen-bond donors (Lipinski definition) is 1. The van der Waals surface area contributed by atoms with Crippen LogP contribution in [0, 0.1) is 5.41 Å². The Morgan fingerprint density at radius 1 is 1.33 bits per heavy atom. The largest absolute Gasteiger partial charge is 0.345 e. The molecule has 0 unspecified atom stereocenters. The first kappa shape index (κ1) is 12.5. The zero-order chi connectivity index (χ0) is 11.3. The van der Waals surface area contributed by atoms with E-state index in [1.807, 2.05) is 11.9 Å². The average Bonchev–Trinajstić information content (AvgIpc) is 2.26. The summed E-state index contributed by atoms with van der Waals surface area (Å²) in [6, 6.07) is 0. The second-order valence-corrected chi connectivity index (χ2v) is 4.99. The highest BCUT2D eigenvalue weighted by Crippen LogP contribution is 2.37. The summed E-state index contributed by atoms with van der Waals surface area (Å²) in [6.07, 6.45) is 6.70. The van der Waals surface area contributed by atoms with E-state index in [9.17, 15) is 4.79 Å². The second kappa shape index (κ2) is 5.50. The van der Waals surface area contributed by atoms with E-state index in [0.29, 0.717) is 12.5 Å². The molecule has 0 atom stereocenters. The minimum absolute atomic E-state index is 0.0956. The van der Waals surface area contributed by atoms with Crippen LogP contribution in [-0.2, 0) is 4.79 Å². The number of amides is 1. The van der Waals surface area contributed by atoms with Crippen molar-refractivity contribution in [2.75, 3.05) is 20.1 Å². The van der Waals surface area contributed by atoms with Crippen LogP contribution >= 0.6 is 0 Å².